The smallest absolute Gasteiger partial charge is 0.336 e. The lowest BCUT2D eigenvalue weighted by atomic mass is 9.63. The van der Waals surface area contributed by atoms with E-state index in [1.807, 2.05) is 11.8 Å². The third-order valence-corrected chi connectivity index (χ3v) is 5.69. The molecule has 146 valence electrons. The molecular formula is C23H32N2O2. The van der Waals surface area contributed by atoms with Crippen LogP contribution >= 0.6 is 0 Å². The van der Waals surface area contributed by atoms with Gasteiger partial charge in [0.2, 0.25) is 0 Å². The van der Waals surface area contributed by atoms with Crippen molar-refractivity contribution >= 4 is 17.9 Å². The molecule has 0 saturated carbocycles. The Kier molecular flexibility index (Phi) is 5.98. The average molecular weight is 369 g/mol. The molecular weight excluding hydrogens is 336 g/mol. The van der Waals surface area contributed by atoms with Crippen LogP contribution in [0.1, 0.15) is 65.5 Å². The van der Waals surface area contributed by atoms with Gasteiger partial charge in [0.25, 0.3) is 0 Å². The van der Waals surface area contributed by atoms with Gasteiger partial charge in [-0.3, -0.25) is 0 Å². The van der Waals surface area contributed by atoms with Crippen molar-refractivity contribution in [1.29, 1.82) is 0 Å². The molecule has 0 atom stereocenters. The quantitative estimate of drug-likeness (QED) is 0.538. The van der Waals surface area contributed by atoms with E-state index in [9.17, 15) is 4.79 Å². The van der Waals surface area contributed by atoms with Gasteiger partial charge in [0.1, 0.15) is 5.82 Å². The van der Waals surface area contributed by atoms with Crippen molar-refractivity contribution in [3.63, 3.8) is 0 Å². The minimum Gasteiger partial charge on any atom is -0.478 e. The van der Waals surface area contributed by atoms with E-state index in [2.05, 4.69) is 57.5 Å². The number of aliphatic imine (C=N–C) groups is 1. The highest BCUT2D eigenvalue weighted by Crippen LogP contribution is 2.46. The van der Waals surface area contributed by atoms with Gasteiger partial charge in [-0.2, -0.15) is 0 Å². The molecule has 0 radical (unpaired) electrons. The van der Waals surface area contributed by atoms with Gasteiger partial charge in [-0.05, 0) is 60.8 Å². The maximum atomic E-state index is 11.1. The highest BCUT2D eigenvalue weighted by molar-refractivity contribution is 6.08. The van der Waals surface area contributed by atoms with Gasteiger partial charge < -0.3 is 10.0 Å². The maximum Gasteiger partial charge on any atom is 0.336 e. The van der Waals surface area contributed by atoms with Crippen molar-refractivity contribution < 1.29 is 9.90 Å². The van der Waals surface area contributed by atoms with E-state index in [0.29, 0.717) is 12.4 Å². The Bertz CT molecular complexity index is 801. The van der Waals surface area contributed by atoms with E-state index >= 15 is 0 Å². The number of benzene rings is 1. The number of anilines is 1. The Labute approximate surface area is 163 Å². The van der Waals surface area contributed by atoms with E-state index in [4.69, 9.17) is 5.11 Å². The van der Waals surface area contributed by atoms with E-state index in [0.717, 1.165) is 12.1 Å². The molecule has 0 aromatic heterocycles. The zero-order valence-electron chi connectivity index (χ0n) is 17.5. The SMILES string of the molecule is C=C(N=C/C(=C\C)C(=O)O)N(CC)c1ccc2c(c1)C(C)(C)CCC2(C)C. The molecule has 1 aromatic carbocycles. The summed E-state index contributed by atoms with van der Waals surface area (Å²) >= 11 is 0. The maximum absolute atomic E-state index is 11.1. The number of carboxylic acids is 1. The summed E-state index contributed by atoms with van der Waals surface area (Å²) < 4.78 is 0. The lowest BCUT2D eigenvalue weighted by Crippen LogP contribution is -2.34. The van der Waals surface area contributed by atoms with Crippen LogP contribution in [-0.4, -0.2) is 23.8 Å². The molecule has 0 amide bonds. The van der Waals surface area contributed by atoms with Crippen LogP contribution in [0.4, 0.5) is 5.69 Å². The summed E-state index contributed by atoms with van der Waals surface area (Å²) in [6.45, 7) is 17.7. The molecule has 2 rings (SSSR count). The van der Waals surface area contributed by atoms with Crippen molar-refractivity contribution in [2.45, 2.75) is 65.2 Å². The van der Waals surface area contributed by atoms with Crippen LogP contribution in [0.5, 0.6) is 0 Å². The van der Waals surface area contributed by atoms with Crippen LogP contribution in [0.25, 0.3) is 0 Å². The molecule has 1 aliphatic carbocycles. The zero-order chi connectivity index (χ0) is 20.4. The fourth-order valence-corrected chi connectivity index (χ4v) is 3.73. The van der Waals surface area contributed by atoms with Crippen LogP contribution in [0.3, 0.4) is 0 Å². The Hall–Kier alpha value is -2.36. The third kappa shape index (κ3) is 4.32. The van der Waals surface area contributed by atoms with Gasteiger partial charge >= 0.3 is 5.97 Å². The largest absolute Gasteiger partial charge is 0.478 e. The molecule has 1 aliphatic rings. The standard InChI is InChI=1S/C23H32N2O2/c1-8-17(21(26)27)15-24-16(3)25(9-2)18-10-11-19-20(14-18)23(6,7)13-12-22(19,4)5/h8,10-11,14-15H,3,9,12-13H2,1-2,4-7H3,(H,26,27)/b17-8+,24-15?. The number of rotatable bonds is 6. The van der Waals surface area contributed by atoms with Crippen molar-refractivity contribution in [3.05, 3.63) is 53.4 Å². The van der Waals surface area contributed by atoms with E-state index < -0.39 is 5.97 Å². The first-order chi connectivity index (χ1) is 12.5. The minimum atomic E-state index is -0.991. The van der Waals surface area contributed by atoms with Crippen LogP contribution in [0, 0.1) is 0 Å². The van der Waals surface area contributed by atoms with Crippen LogP contribution < -0.4 is 4.90 Å². The van der Waals surface area contributed by atoms with Crippen molar-refractivity contribution in [1.82, 2.24) is 0 Å². The fourth-order valence-electron chi connectivity index (χ4n) is 3.73. The molecule has 0 bridgehead atoms. The number of allylic oxidation sites excluding steroid dienone is 1. The van der Waals surface area contributed by atoms with Crippen LogP contribution in [0.2, 0.25) is 0 Å². The molecule has 1 N–H and O–H groups in total. The lowest BCUT2D eigenvalue weighted by molar-refractivity contribution is -0.132. The van der Waals surface area contributed by atoms with Gasteiger partial charge in [0.05, 0.1) is 5.57 Å². The minimum absolute atomic E-state index is 0.131. The monoisotopic (exact) mass is 368 g/mol. The first kappa shape index (κ1) is 20.9. The molecule has 27 heavy (non-hydrogen) atoms. The summed E-state index contributed by atoms with van der Waals surface area (Å²) in [5.74, 6) is -0.458. The molecule has 4 nitrogen and oxygen atoms in total. The molecule has 0 spiro atoms. The summed E-state index contributed by atoms with van der Waals surface area (Å²) in [6, 6.07) is 6.62. The second kappa shape index (κ2) is 7.71. The van der Waals surface area contributed by atoms with Gasteiger partial charge in [-0.1, -0.05) is 46.4 Å². The highest BCUT2D eigenvalue weighted by atomic mass is 16.4. The summed E-state index contributed by atoms with van der Waals surface area (Å²) in [6.07, 6.45) is 5.23. The van der Waals surface area contributed by atoms with Crippen LogP contribution in [0.15, 0.2) is 47.2 Å². The topological polar surface area (TPSA) is 52.9 Å². The number of aliphatic carboxylic acids is 1. The van der Waals surface area contributed by atoms with Gasteiger partial charge in [-0.25, -0.2) is 9.79 Å². The second-order valence-electron chi connectivity index (χ2n) is 8.47. The van der Waals surface area contributed by atoms with E-state index in [1.54, 1.807) is 6.92 Å². The summed E-state index contributed by atoms with van der Waals surface area (Å²) in [7, 11) is 0. The first-order valence-corrected chi connectivity index (χ1v) is 9.58. The summed E-state index contributed by atoms with van der Waals surface area (Å²) in [5, 5.41) is 9.14. The predicted molar refractivity (Wildman–Crippen MR) is 114 cm³/mol. The molecule has 1 aromatic rings. The Morgan fingerprint density at radius 3 is 2.33 bits per heavy atom. The average Bonchev–Trinajstić information content (AvgIpc) is 2.60. The Morgan fingerprint density at radius 2 is 1.81 bits per heavy atom. The molecule has 0 heterocycles. The second-order valence-corrected chi connectivity index (χ2v) is 8.47. The van der Waals surface area contributed by atoms with Crippen molar-refractivity contribution in [2.24, 2.45) is 4.99 Å². The molecule has 0 unspecified atom stereocenters. The summed E-state index contributed by atoms with van der Waals surface area (Å²) in [5.41, 5.74) is 4.30. The third-order valence-electron chi connectivity index (χ3n) is 5.69. The van der Waals surface area contributed by atoms with Crippen LogP contribution in [-0.2, 0) is 15.6 Å². The number of fused-ring (bicyclic) bond motifs is 1. The number of nitrogens with zero attached hydrogens (tertiary/aromatic N) is 2. The zero-order valence-corrected chi connectivity index (χ0v) is 17.5. The fraction of sp³-hybridized carbons (Fsp3) is 0.478. The molecule has 4 heteroatoms. The molecule has 0 saturated heterocycles. The summed E-state index contributed by atoms with van der Waals surface area (Å²) in [4.78, 5) is 17.5. The first-order valence-electron chi connectivity index (χ1n) is 9.58. The molecule has 0 fully saturated rings. The van der Waals surface area contributed by atoms with Gasteiger partial charge in [-0.15, -0.1) is 0 Å². The Morgan fingerprint density at radius 1 is 1.22 bits per heavy atom. The van der Waals surface area contributed by atoms with Gasteiger partial charge in [0, 0.05) is 18.4 Å². The number of carbonyl (C=O) groups is 1. The van der Waals surface area contributed by atoms with E-state index in [1.165, 1.54) is 29.8 Å². The number of carboxylic acid groups (broad SMARTS) is 1. The highest BCUT2D eigenvalue weighted by Gasteiger charge is 2.37. The predicted octanol–water partition coefficient (Wildman–Crippen LogP) is 5.43. The van der Waals surface area contributed by atoms with E-state index in [-0.39, 0.29) is 16.4 Å². The number of hydrogen-bond donors (Lipinski definition) is 1. The normalized spacial score (nSPS) is 18.2. The van der Waals surface area contributed by atoms with Gasteiger partial charge in [0.15, 0.2) is 0 Å². The number of hydrogen-bond acceptors (Lipinski definition) is 3. The molecule has 0 aliphatic heterocycles. The van der Waals surface area contributed by atoms with Crippen molar-refractivity contribution in [2.75, 3.05) is 11.4 Å². The van der Waals surface area contributed by atoms with Crippen molar-refractivity contribution in [3.8, 4) is 0 Å². The lowest BCUT2D eigenvalue weighted by Gasteiger charge is -2.42. The Balaban J connectivity index is 2.40.